The standard InChI is InChI=1S/C30H40N4O6S2.C2H6/c1-39-29(37)25-11-6-13-34(25)26(35)20-23(19-22-9-5-8-21-7-3-4-10-24(21)22)27(36)32-28(41-2)30(38)42-31-12-14-33-15-17-40-18-16-33;1-2/h3-5,7-10,23,25,28,31H,6,11-20H2,1-2H3,(H,32,36);1-2H3. The smallest absolute Gasteiger partial charge is 0.328 e. The number of thioether (sulfide) groups is 1. The van der Waals surface area contributed by atoms with Crippen molar-refractivity contribution in [3.05, 3.63) is 48.0 Å². The molecule has 0 radical (unpaired) electrons. The lowest BCUT2D eigenvalue weighted by atomic mass is 9.91. The number of fused-ring (bicyclic) bond motifs is 1. The summed E-state index contributed by atoms with van der Waals surface area (Å²) in [6.07, 6.45) is 3.24. The Bertz CT molecular complexity index is 1240. The van der Waals surface area contributed by atoms with Crippen LogP contribution < -0.4 is 10.0 Å². The van der Waals surface area contributed by atoms with E-state index in [1.54, 1.807) is 6.26 Å². The number of nitrogens with zero attached hydrogens (tertiary/aromatic N) is 2. The van der Waals surface area contributed by atoms with Gasteiger partial charge in [0.25, 0.3) is 0 Å². The Labute approximate surface area is 269 Å². The Hall–Kier alpha value is -2.64. The molecular weight excluding hydrogens is 601 g/mol. The van der Waals surface area contributed by atoms with Gasteiger partial charge in [-0.1, -0.05) is 56.3 Å². The first-order chi connectivity index (χ1) is 21.4. The summed E-state index contributed by atoms with van der Waals surface area (Å²) in [5.41, 5.74) is 0.943. The SMILES string of the molecule is CC.COC(=O)C1CCCN1C(=O)CC(Cc1cccc2ccccc12)C(=O)NC(SC)C(=O)SNCCN1CCOCC1. The number of nitrogens with one attached hydrogen (secondary N) is 2. The van der Waals surface area contributed by atoms with E-state index >= 15 is 0 Å². The van der Waals surface area contributed by atoms with Crippen molar-refractivity contribution in [3.63, 3.8) is 0 Å². The monoisotopic (exact) mass is 646 g/mol. The first-order valence-corrected chi connectivity index (χ1v) is 17.4. The molecule has 2 aliphatic rings. The molecular formula is C32H46N4O6S2. The maximum Gasteiger partial charge on any atom is 0.328 e. The van der Waals surface area contributed by atoms with E-state index in [4.69, 9.17) is 9.47 Å². The van der Waals surface area contributed by atoms with Gasteiger partial charge in [-0.15, -0.1) is 11.8 Å². The Morgan fingerprint density at radius 3 is 2.50 bits per heavy atom. The summed E-state index contributed by atoms with van der Waals surface area (Å²) in [4.78, 5) is 56.3. The van der Waals surface area contributed by atoms with Crippen LogP contribution in [-0.2, 0) is 35.1 Å². The number of ether oxygens (including phenoxy) is 2. The molecule has 3 unspecified atom stereocenters. The van der Waals surface area contributed by atoms with Crippen LogP contribution in [0.4, 0.5) is 0 Å². The molecule has 2 saturated heterocycles. The molecule has 12 heteroatoms. The largest absolute Gasteiger partial charge is 0.467 e. The normalized spacial score (nSPS) is 18.2. The van der Waals surface area contributed by atoms with E-state index < -0.39 is 23.3 Å². The fraction of sp³-hybridized carbons (Fsp3) is 0.562. The minimum absolute atomic E-state index is 0.0806. The van der Waals surface area contributed by atoms with Crippen LogP contribution in [0.3, 0.4) is 0 Å². The summed E-state index contributed by atoms with van der Waals surface area (Å²) in [7, 11) is 1.31. The lowest BCUT2D eigenvalue weighted by Crippen LogP contribution is -2.45. The van der Waals surface area contributed by atoms with Crippen LogP contribution in [0.2, 0.25) is 0 Å². The zero-order valence-electron chi connectivity index (χ0n) is 26.2. The van der Waals surface area contributed by atoms with Crippen LogP contribution in [0.1, 0.15) is 38.7 Å². The highest BCUT2D eigenvalue weighted by molar-refractivity contribution is 8.14. The maximum atomic E-state index is 13.7. The van der Waals surface area contributed by atoms with Gasteiger partial charge in [0.2, 0.25) is 16.9 Å². The van der Waals surface area contributed by atoms with Gasteiger partial charge in [0.05, 0.1) is 26.2 Å². The number of esters is 1. The van der Waals surface area contributed by atoms with E-state index in [1.807, 2.05) is 56.3 Å². The van der Waals surface area contributed by atoms with Gasteiger partial charge in [0.1, 0.15) is 11.4 Å². The van der Waals surface area contributed by atoms with Gasteiger partial charge in [-0.2, -0.15) is 0 Å². The number of methoxy groups -OCH3 is 1. The minimum Gasteiger partial charge on any atom is -0.467 e. The second-order valence-corrected chi connectivity index (χ2v) is 12.2. The molecule has 2 fully saturated rings. The highest BCUT2D eigenvalue weighted by Gasteiger charge is 2.37. The molecule has 2 amide bonds. The molecule has 4 rings (SSSR count). The lowest BCUT2D eigenvalue weighted by molar-refractivity contribution is -0.151. The quantitative estimate of drug-likeness (QED) is 0.145. The number of carbonyl (C=O) groups excluding carboxylic acids is 4. The third-order valence-electron chi connectivity index (χ3n) is 7.71. The van der Waals surface area contributed by atoms with Gasteiger partial charge in [-0.05, 0) is 53.8 Å². The predicted octanol–water partition coefficient (Wildman–Crippen LogP) is 3.48. The second kappa shape index (κ2) is 19.0. The molecule has 3 atom stereocenters. The summed E-state index contributed by atoms with van der Waals surface area (Å²) < 4.78 is 13.4. The Kier molecular flexibility index (Phi) is 15.5. The van der Waals surface area contributed by atoms with Crippen molar-refractivity contribution in [2.24, 2.45) is 5.92 Å². The molecule has 0 bridgehead atoms. The van der Waals surface area contributed by atoms with Gasteiger partial charge in [0, 0.05) is 39.1 Å². The molecule has 0 saturated carbocycles. The maximum absolute atomic E-state index is 13.7. The number of hydrogen-bond donors (Lipinski definition) is 2. The van der Waals surface area contributed by atoms with Gasteiger partial charge >= 0.3 is 5.97 Å². The number of likely N-dealkylation sites (tertiary alicyclic amines) is 1. The zero-order chi connectivity index (χ0) is 31.9. The number of rotatable bonds is 13. The van der Waals surface area contributed by atoms with Crippen molar-refractivity contribution in [1.29, 1.82) is 0 Å². The van der Waals surface area contributed by atoms with Crippen LogP contribution in [0, 0.1) is 5.92 Å². The van der Waals surface area contributed by atoms with Crippen LogP contribution in [0.15, 0.2) is 42.5 Å². The van der Waals surface area contributed by atoms with E-state index in [2.05, 4.69) is 14.9 Å². The summed E-state index contributed by atoms with van der Waals surface area (Å²) >= 11 is 2.23. The predicted molar refractivity (Wildman–Crippen MR) is 177 cm³/mol. The molecule has 2 N–H and O–H groups in total. The van der Waals surface area contributed by atoms with Crippen LogP contribution >= 0.6 is 23.7 Å². The third-order valence-corrected chi connectivity index (χ3v) is 9.45. The van der Waals surface area contributed by atoms with Gasteiger partial charge in [0.15, 0.2) is 0 Å². The summed E-state index contributed by atoms with van der Waals surface area (Å²) in [5, 5.41) is 3.96. The molecule has 44 heavy (non-hydrogen) atoms. The molecule has 242 valence electrons. The van der Waals surface area contributed by atoms with Gasteiger partial charge < -0.3 is 19.7 Å². The molecule has 10 nitrogen and oxygen atoms in total. The second-order valence-electron chi connectivity index (χ2n) is 10.4. The van der Waals surface area contributed by atoms with Crippen LogP contribution in [-0.4, -0.2) is 103 Å². The topological polar surface area (TPSA) is 117 Å². The van der Waals surface area contributed by atoms with Crippen molar-refractivity contribution in [2.75, 3.05) is 59.3 Å². The average Bonchev–Trinajstić information content (AvgIpc) is 3.57. The zero-order valence-corrected chi connectivity index (χ0v) is 27.8. The highest BCUT2D eigenvalue weighted by Crippen LogP contribution is 2.26. The van der Waals surface area contributed by atoms with E-state index in [0.717, 1.165) is 61.1 Å². The Morgan fingerprint density at radius 1 is 1.05 bits per heavy atom. The molecule has 0 aromatic heterocycles. The van der Waals surface area contributed by atoms with E-state index in [1.165, 1.54) is 23.8 Å². The number of amides is 2. The minimum atomic E-state index is -0.780. The molecule has 2 heterocycles. The Morgan fingerprint density at radius 2 is 1.77 bits per heavy atom. The fourth-order valence-corrected chi connectivity index (χ4v) is 6.79. The van der Waals surface area contributed by atoms with Crippen LogP contribution in [0.5, 0.6) is 0 Å². The average molecular weight is 647 g/mol. The molecule has 2 aliphatic heterocycles. The summed E-state index contributed by atoms with van der Waals surface area (Å²) in [6.45, 7) is 9.06. The van der Waals surface area contributed by atoms with E-state index in [0.29, 0.717) is 32.4 Å². The van der Waals surface area contributed by atoms with Gasteiger partial charge in [-0.3, -0.25) is 24.0 Å². The number of benzene rings is 2. The van der Waals surface area contributed by atoms with E-state index in [-0.39, 0.29) is 23.4 Å². The molecule has 2 aromatic carbocycles. The van der Waals surface area contributed by atoms with Gasteiger partial charge in [-0.25, -0.2) is 4.79 Å². The number of carbonyl (C=O) groups is 4. The first-order valence-electron chi connectivity index (χ1n) is 15.3. The molecule has 2 aromatic rings. The van der Waals surface area contributed by atoms with Crippen molar-refractivity contribution >= 4 is 57.4 Å². The molecule has 0 spiro atoms. The fourth-order valence-electron chi connectivity index (χ4n) is 5.43. The first kappa shape index (κ1) is 35.8. The summed E-state index contributed by atoms with van der Waals surface area (Å²) in [5.74, 6) is -1.81. The third kappa shape index (κ3) is 10.2. The van der Waals surface area contributed by atoms with Crippen molar-refractivity contribution in [2.45, 2.75) is 50.9 Å². The lowest BCUT2D eigenvalue weighted by Gasteiger charge is -2.27. The Balaban J connectivity index is 0.00000259. The number of morpholine rings is 1. The van der Waals surface area contributed by atoms with Crippen molar-refractivity contribution < 1.29 is 28.7 Å². The molecule has 0 aliphatic carbocycles. The van der Waals surface area contributed by atoms with Crippen molar-refractivity contribution in [3.8, 4) is 0 Å². The summed E-state index contributed by atoms with van der Waals surface area (Å²) in [6, 6.07) is 13.2. The van der Waals surface area contributed by atoms with Crippen molar-refractivity contribution in [1.82, 2.24) is 19.8 Å². The highest BCUT2D eigenvalue weighted by atomic mass is 32.2. The van der Waals surface area contributed by atoms with Crippen LogP contribution in [0.25, 0.3) is 10.8 Å². The number of hydrogen-bond acceptors (Lipinski definition) is 10. The van der Waals surface area contributed by atoms with E-state index in [9.17, 15) is 19.2 Å².